The van der Waals surface area contributed by atoms with Gasteiger partial charge >= 0.3 is 12.1 Å². The minimum absolute atomic E-state index is 0.0171. The fourth-order valence-electron chi connectivity index (χ4n) is 2.26. The van der Waals surface area contributed by atoms with E-state index in [0.717, 1.165) is 11.6 Å². The Hall–Kier alpha value is -2.97. The van der Waals surface area contributed by atoms with Crippen molar-refractivity contribution >= 4 is 11.9 Å². The van der Waals surface area contributed by atoms with E-state index in [0.29, 0.717) is 0 Å². The Morgan fingerprint density at radius 2 is 1.85 bits per heavy atom. The largest absolute Gasteiger partial charge is 0.481 e. The molecule has 1 aromatic carbocycles. The molecule has 138 valence electrons. The van der Waals surface area contributed by atoms with Crippen molar-refractivity contribution in [2.45, 2.75) is 19.5 Å². The molecule has 2 N–H and O–H groups in total. The van der Waals surface area contributed by atoms with Gasteiger partial charge in [0.05, 0.1) is 5.92 Å². The number of nitrogens with one attached hydrogen (secondary N) is 1. The number of carboxylic acid groups (broad SMARTS) is 1. The standard InChI is InChI=1S/C17H16F3N3O3/c1-10-7-13(23-16(22-10)17(18,19)20)14(24)21-9-12(15(25)26)8-11-5-3-2-4-6-11/h2-7,12H,8-9H2,1H3,(H,21,24)(H,25,26). The fourth-order valence-corrected chi connectivity index (χ4v) is 2.26. The average Bonchev–Trinajstić information content (AvgIpc) is 2.57. The number of carbonyl (C=O) groups is 2. The maximum Gasteiger partial charge on any atom is 0.451 e. The number of amides is 1. The summed E-state index contributed by atoms with van der Waals surface area (Å²) in [4.78, 5) is 29.9. The van der Waals surface area contributed by atoms with E-state index in [1.807, 2.05) is 0 Å². The van der Waals surface area contributed by atoms with Crippen molar-refractivity contribution in [3.05, 3.63) is 59.2 Å². The predicted octanol–water partition coefficient (Wildman–Crippen LogP) is 2.48. The number of aliphatic carboxylic acids is 1. The minimum atomic E-state index is -4.78. The summed E-state index contributed by atoms with van der Waals surface area (Å²) in [5.41, 5.74) is 0.289. The smallest absolute Gasteiger partial charge is 0.451 e. The van der Waals surface area contributed by atoms with Gasteiger partial charge in [0.1, 0.15) is 5.69 Å². The molecule has 26 heavy (non-hydrogen) atoms. The van der Waals surface area contributed by atoms with Crippen LogP contribution in [-0.4, -0.2) is 33.5 Å². The molecule has 0 saturated heterocycles. The van der Waals surface area contributed by atoms with Crippen molar-refractivity contribution in [2.75, 3.05) is 6.54 Å². The first-order valence-electron chi connectivity index (χ1n) is 7.64. The van der Waals surface area contributed by atoms with Crippen LogP contribution in [0.2, 0.25) is 0 Å². The molecule has 1 atom stereocenters. The maximum atomic E-state index is 12.7. The second kappa shape index (κ2) is 7.94. The van der Waals surface area contributed by atoms with Crippen LogP contribution in [0, 0.1) is 12.8 Å². The highest BCUT2D eigenvalue weighted by Crippen LogP contribution is 2.26. The minimum Gasteiger partial charge on any atom is -0.481 e. The quantitative estimate of drug-likeness (QED) is 0.818. The summed E-state index contributed by atoms with van der Waals surface area (Å²) in [6.07, 6.45) is -4.61. The summed E-state index contributed by atoms with van der Waals surface area (Å²) in [7, 11) is 0. The third-order valence-electron chi connectivity index (χ3n) is 3.52. The van der Waals surface area contributed by atoms with Crippen LogP contribution in [-0.2, 0) is 17.4 Å². The van der Waals surface area contributed by atoms with E-state index in [4.69, 9.17) is 0 Å². The average molecular weight is 367 g/mol. The molecule has 1 amide bonds. The van der Waals surface area contributed by atoms with Crippen molar-refractivity contribution in [3.63, 3.8) is 0 Å². The molecule has 0 fully saturated rings. The van der Waals surface area contributed by atoms with Gasteiger partial charge in [0.2, 0.25) is 5.82 Å². The molecular formula is C17H16F3N3O3. The Balaban J connectivity index is 2.09. The van der Waals surface area contributed by atoms with Crippen LogP contribution >= 0.6 is 0 Å². The van der Waals surface area contributed by atoms with Gasteiger partial charge in [-0.3, -0.25) is 9.59 Å². The van der Waals surface area contributed by atoms with E-state index in [1.54, 1.807) is 30.3 Å². The summed E-state index contributed by atoms with van der Waals surface area (Å²) in [5, 5.41) is 11.6. The second-order valence-electron chi connectivity index (χ2n) is 5.65. The van der Waals surface area contributed by atoms with E-state index in [1.165, 1.54) is 6.92 Å². The highest BCUT2D eigenvalue weighted by Gasteiger charge is 2.35. The first-order chi connectivity index (χ1) is 12.2. The van der Waals surface area contributed by atoms with Gasteiger partial charge in [-0.1, -0.05) is 30.3 Å². The molecule has 6 nitrogen and oxygen atoms in total. The molecule has 2 rings (SSSR count). The Morgan fingerprint density at radius 3 is 2.42 bits per heavy atom. The topological polar surface area (TPSA) is 92.2 Å². The molecule has 1 unspecified atom stereocenters. The molecule has 9 heteroatoms. The van der Waals surface area contributed by atoms with Gasteiger partial charge in [-0.25, -0.2) is 9.97 Å². The van der Waals surface area contributed by atoms with Crippen LogP contribution in [0.15, 0.2) is 36.4 Å². The van der Waals surface area contributed by atoms with Crippen LogP contribution in [0.3, 0.4) is 0 Å². The third kappa shape index (κ3) is 5.27. The molecular weight excluding hydrogens is 351 g/mol. The molecule has 1 aromatic heterocycles. The monoisotopic (exact) mass is 367 g/mol. The second-order valence-corrected chi connectivity index (χ2v) is 5.65. The number of aromatic nitrogens is 2. The molecule has 0 spiro atoms. The number of rotatable bonds is 6. The Morgan fingerprint density at radius 1 is 1.19 bits per heavy atom. The van der Waals surface area contributed by atoms with Crippen molar-refractivity contribution in [1.82, 2.24) is 15.3 Å². The van der Waals surface area contributed by atoms with Crippen molar-refractivity contribution in [1.29, 1.82) is 0 Å². The maximum absolute atomic E-state index is 12.7. The molecule has 2 aromatic rings. The van der Waals surface area contributed by atoms with Crippen LogP contribution < -0.4 is 5.32 Å². The van der Waals surface area contributed by atoms with Gasteiger partial charge in [-0.05, 0) is 25.0 Å². The lowest BCUT2D eigenvalue weighted by atomic mass is 9.99. The molecule has 0 saturated carbocycles. The van der Waals surface area contributed by atoms with Gasteiger partial charge in [-0.2, -0.15) is 13.2 Å². The lowest BCUT2D eigenvalue weighted by molar-refractivity contribution is -0.145. The first-order valence-corrected chi connectivity index (χ1v) is 7.64. The number of hydrogen-bond donors (Lipinski definition) is 2. The van der Waals surface area contributed by atoms with Gasteiger partial charge < -0.3 is 10.4 Å². The highest BCUT2D eigenvalue weighted by molar-refractivity contribution is 5.92. The number of aryl methyl sites for hydroxylation is 1. The van der Waals surface area contributed by atoms with Crippen molar-refractivity contribution < 1.29 is 27.9 Å². The first kappa shape index (κ1) is 19.4. The van der Waals surface area contributed by atoms with Gasteiger partial charge in [0.15, 0.2) is 0 Å². The number of halogens is 3. The van der Waals surface area contributed by atoms with E-state index >= 15 is 0 Å². The van der Waals surface area contributed by atoms with E-state index in [2.05, 4.69) is 15.3 Å². The molecule has 0 bridgehead atoms. The summed E-state index contributed by atoms with van der Waals surface area (Å²) >= 11 is 0. The predicted molar refractivity (Wildman–Crippen MR) is 85.4 cm³/mol. The number of alkyl halides is 3. The van der Waals surface area contributed by atoms with Gasteiger partial charge in [0, 0.05) is 12.2 Å². The number of carbonyl (C=O) groups excluding carboxylic acids is 1. The Kier molecular flexibility index (Phi) is 5.91. The normalized spacial score (nSPS) is 12.5. The molecule has 0 aliphatic heterocycles. The van der Waals surface area contributed by atoms with Crippen LogP contribution in [0.1, 0.15) is 27.6 Å². The summed E-state index contributed by atoms with van der Waals surface area (Å²) in [5.74, 6) is -4.35. The zero-order valence-electron chi connectivity index (χ0n) is 13.7. The fraction of sp³-hybridized carbons (Fsp3) is 0.294. The van der Waals surface area contributed by atoms with Gasteiger partial charge in [-0.15, -0.1) is 0 Å². The summed E-state index contributed by atoms with van der Waals surface area (Å²) < 4.78 is 38.2. The van der Waals surface area contributed by atoms with E-state index < -0.39 is 35.5 Å². The molecule has 0 aliphatic rings. The van der Waals surface area contributed by atoms with Crippen LogP contribution in [0.25, 0.3) is 0 Å². The van der Waals surface area contributed by atoms with Crippen LogP contribution in [0.4, 0.5) is 13.2 Å². The summed E-state index contributed by atoms with van der Waals surface area (Å²) in [6.45, 7) is 1.07. The molecule has 0 radical (unpaired) electrons. The molecule has 0 aliphatic carbocycles. The van der Waals surface area contributed by atoms with Crippen molar-refractivity contribution in [2.24, 2.45) is 5.92 Å². The zero-order valence-corrected chi connectivity index (χ0v) is 13.7. The number of benzene rings is 1. The van der Waals surface area contributed by atoms with E-state index in [-0.39, 0.29) is 18.7 Å². The van der Waals surface area contributed by atoms with Crippen molar-refractivity contribution in [3.8, 4) is 0 Å². The van der Waals surface area contributed by atoms with Gasteiger partial charge in [0.25, 0.3) is 5.91 Å². The highest BCUT2D eigenvalue weighted by atomic mass is 19.4. The SMILES string of the molecule is Cc1cc(C(=O)NCC(Cc2ccccc2)C(=O)O)nc(C(F)(F)F)n1. The number of hydrogen-bond acceptors (Lipinski definition) is 4. The third-order valence-corrected chi connectivity index (χ3v) is 3.52. The number of carboxylic acids is 1. The van der Waals surface area contributed by atoms with E-state index in [9.17, 15) is 27.9 Å². The zero-order chi connectivity index (χ0) is 19.3. The molecule has 1 heterocycles. The number of nitrogens with zero attached hydrogens (tertiary/aromatic N) is 2. The lowest BCUT2D eigenvalue weighted by Gasteiger charge is -2.14. The Bertz CT molecular complexity index is 795. The lowest BCUT2D eigenvalue weighted by Crippen LogP contribution is -2.35. The van der Waals surface area contributed by atoms with Crippen LogP contribution in [0.5, 0.6) is 0 Å². The summed E-state index contributed by atoms with van der Waals surface area (Å²) in [6, 6.07) is 9.92. The Labute approximate surface area is 147 Å².